The van der Waals surface area contributed by atoms with E-state index in [0.29, 0.717) is 0 Å². The molecule has 6 heteroatoms. The zero-order valence-corrected chi connectivity index (χ0v) is 12.2. The van der Waals surface area contributed by atoms with Crippen LogP contribution in [0.3, 0.4) is 0 Å². The third-order valence-electron chi connectivity index (χ3n) is 3.83. The minimum Gasteiger partial charge on any atom is -0.449 e. The molecule has 3 rings (SSSR count). The molecule has 1 aliphatic rings. The molecule has 2 aromatic rings. The van der Waals surface area contributed by atoms with Crippen molar-refractivity contribution in [2.75, 3.05) is 13.2 Å². The van der Waals surface area contributed by atoms with Gasteiger partial charge in [-0.15, -0.1) is 4.91 Å². The maximum atomic E-state index is 11.6. The summed E-state index contributed by atoms with van der Waals surface area (Å²) in [5, 5.41) is 4.40. The van der Waals surface area contributed by atoms with Crippen LogP contribution in [0.1, 0.15) is 17.0 Å². The van der Waals surface area contributed by atoms with Crippen molar-refractivity contribution in [3.05, 3.63) is 64.6 Å². The van der Waals surface area contributed by atoms with Gasteiger partial charge in [-0.2, -0.15) is 0 Å². The molecule has 0 atom stereocenters. The molecule has 0 saturated heterocycles. The number of benzene rings is 2. The number of alkyl carbamates (subject to hydrolysis) is 1. The minimum absolute atomic E-state index is 0.0481. The van der Waals surface area contributed by atoms with Gasteiger partial charge >= 0.3 is 12.0 Å². The zero-order valence-electron chi connectivity index (χ0n) is 12.2. The summed E-state index contributed by atoms with van der Waals surface area (Å²) >= 11 is 0. The Morgan fingerprint density at radius 3 is 2.13 bits per heavy atom. The topological polar surface area (TPSA) is 84.8 Å². The SMILES string of the molecule is O=NC(=O)CNC(=O)OCC1c2ccccc2-c2ccccc21. The Morgan fingerprint density at radius 1 is 1.00 bits per heavy atom. The van der Waals surface area contributed by atoms with Crippen LogP contribution >= 0.6 is 0 Å². The Balaban J connectivity index is 1.72. The maximum absolute atomic E-state index is 11.6. The first-order valence-corrected chi connectivity index (χ1v) is 7.15. The second kappa shape index (κ2) is 6.39. The van der Waals surface area contributed by atoms with E-state index in [4.69, 9.17) is 4.74 Å². The molecule has 2 amide bonds. The van der Waals surface area contributed by atoms with Crippen molar-refractivity contribution in [3.8, 4) is 11.1 Å². The summed E-state index contributed by atoms with van der Waals surface area (Å²) in [6, 6.07) is 16.0. The lowest BCUT2D eigenvalue weighted by Gasteiger charge is -2.14. The normalized spacial score (nSPS) is 12.2. The van der Waals surface area contributed by atoms with Crippen molar-refractivity contribution < 1.29 is 14.3 Å². The number of nitrogens with one attached hydrogen (secondary N) is 1. The standard InChI is InChI=1S/C17H14N2O4/c20-16(19-22)9-18-17(21)23-10-15-13-7-3-1-5-11(13)12-6-2-4-8-14(12)15/h1-8,15H,9-10H2,(H,18,21). The van der Waals surface area contributed by atoms with Crippen LogP contribution < -0.4 is 5.32 Å². The lowest BCUT2D eigenvalue weighted by atomic mass is 9.98. The monoisotopic (exact) mass is 310 g/mol. The molecule has 116 valence electrons. The molecule has 6 nitrogen and oxygen atoms in total. The van der Waals surface area contributed by atoms with Gasteiger partial charge in [0.1, 0.15) is 13.2 Å². The zero-order chi connectivity index (χ0) is 16.2. The van der Waals surface area contributed by atoms with Crippen LogP contribution in [0, 0.1) is 4.91 Å². The van der Waals surface area contributed by atoms with Gasteiger partial charge in [-0.3, -0.25) is 4.79 Å². The molecule has 0 heterocycles. The largest absolute Gasteiger partial charge is 0.449 e. The summed E-state index contributed by atoms with van der Waals surface area (Å²) in [6.45, 7) is -0.303. The van der Waals surface area contributed by atoms with Gasteiger partial charge in [-0.25, -0.2) is 4.79 Å². The number of nitrogens with zero attached hydrogens (tertiary/aromatic N) is 1. The molecule has 0 radical (unpaired) electrons. The predicted octanol–water partition coefficient (Wildman–Crippen LogP) is 2.82. The summed E-state index contributed by atoms with van der Waals surface area (Å²) in [5.41, 5.74) is 4.48. The fourth-order valence-corrected chi connectivity index (χ4v) is 2.83. The van der Waals surface area contributed by atoms with Gasteiger partial charge in [0, 0.05) is 11.1 Å². The van der Waals surface area contributed by atoms with Crippen LogP contribution in [-0.2, 0) is 9.53 Å². The second-order valence-corrected chi connectivity index (χ2v) is 5.16. The average molecular weight is 310 g/mol. The fourth-order valence-electron chi connectivity index (χ4n) is 2.83. The highest BCUT2D eigenvalue weighted by Gasteiger charge is 2.28. The van der Waals surface area contributed by atoms with E-state index in [2.05, 4.69) is 10.5 Å². The first-order valence-electron chi connectivity index (χ1n) is 7.15. The van der Waals surface area contributed by atoms with Crippen LogP contribution in [0.5, 0.6) is 0 Å². The summed E-state index contributed by atoms with van der Waals surface area (Å²) in [7, 11) is 0. The highest BCUT2D eigenvalue weighted by atomic mass is 16.5. The Hall–Kier alpha value is -3.02. The highest BCUT2D eigenvalue weighted by Crippen LogP contribution is 2.44. The van der Waals surface area contributed by atoms with E-state index in [9.17, 15) is 14.5 Å². The smallest absolute Gasteiger partial charge is 0.407 e. The Labute approximate surface area is 132 Å². The molecule has 23 heavy (non-hydrogen) atoms. The van der Waals surface area contributed by atoms with E-state index >= 15 is 0 Å². The number of hydrogen-bond acceptors (Lipinski definition) is 4. The van der Waals surface area contributed by atoms with E-state index < -0.39 is 18.5 Å². The first-order chi connectivity index (χ1) is 11.2. The van der Waals surface area contributed by atoms with Gasteiger partial charge in [0.25, 0.3) is 0 Å². The summed E-state index contributed by atoms with van der Waals surface area (Å²) in [6.07, 6.45) is -0.746. The molecule has 0 fully saturated rings. The van der Waals surface area contributed by atoms with E-state index in [1.807, 2.05) is 48.5 Å². The first kappa shape index (κ1) is 14.9. The molecule has 0 spiro atoms. The van der Waals surface area contributed by atoms with Gasteiger partial charge < -0.3 is 10.1 Å². The second-order valence-electron chi connectivity index (χ2n) is 5.16. The number of amides is 2. The number of carbonyl (C=O) groups is 2. The number of fused-ring (bicyclic) bond motifs is 3. The average Bonchev–Trinajstić information content (AvgIpc) is 2.92. The molecule has 0 saturated carbocycles. The van der Waals surface area contributed by atoms with E-state index in [1.54, 1.807) is 0 Å². The number of hydrogen-bond donors (Lipinski definition) is 1. The highest BCUT2D eigenvalue weighted by molar-refractivity contribution is 5.83. The van der Waals surface area contributed by atoms with Crippen molar-refractivity contribution in [2.45, 2.75) is 5.92 Å². The fraction of sp³-hybridized carbons (Fsp3) is 0.176. The third-order valence-corrected chi connectivity index (χ3v) is 3.83. The Bertz CT molecular complexity index is 727. The third kappa shape index (κ3) is 2.96. The van der Waals surface area contributed by atoms with Gasteiger partial charge in [-0.05, 0) is 22.3 Å². The lowest BCUT2D eigenvalue weighted by molar-refractivity contribution is -0.117. The number of ether oxygens (including phenoxy) is 1. The van der Waals surface area contributed by atoms with E-state index in [1.165, 1.54) is 0 Å². The van der Waals surface area contributed by atoms with Crippen molar-refractivity contribution in [1.29, 1.82) is 0 Å². The van der Waals surface area contributed by atoms with Crippen molar-refractivity contribution in [3.63, 3.8) is 0 Å². The minimum atomic E-state index is -0.946. The quantitative estimate of drug-likeness (QED) is 0.880. The predicted molar refractivity (Wildman–Crippen MR) is 83.9 cm³/mol. The summed E-state index contributed by atoms with van der Waals surface area (Å²) in [4.78, 5) is 32.3. The van der Waals surface area contributed by atoms with Crippen molar-refractivity contribution in [2.24, 2.45) is 5.18 Å². The number of carbonyl (C=O) groups excluding carboxylic acids is 2. The Kier molecular flexibility index (Phi) is 4.14. The molecular formula is C17H14N2O4. The molecule has 1 N–H and O–H groups in total. The molecule has 0 bridgehead atoms. The van der Waals surface area contributed by atoms with Gasteiger partial charge in [0.2, 0.25) is 0 Å². The van der Waals surface area contributed by atoms with Crippen molar-refractivity contribution in [1.82, 2.24) is 5.32 Å². The van der Waals surface area contributed by atoms with Crippen LogP contribution in [0.2, 0.25) is 0 Å². The van der Waals surface area contributed by atoms with Crippen LogP contribution in [0.4, 0.5) is 4.79 Å². The Morgan fingerprint density at radius 2 is 1.57 bits per heavy atom. The molecule has 0 unspecified atom stereocenters. The number of rotatable bonds is 4. The summed E-state index contributed by atoms with van der Waals surface area (Å²) < 4.78 is 5.19. The summed E-state index contributed by atoms with van der Waals surface area (Å²) in [5.74, 6) is -0.994. The van der Waals surface area contributed by atoms with Crippen LogP contribution in [-0.4, -0.2) is 25.2 Å². The molecule has 0 aromatic heterocycles. The van der Waals surface area contributed by atoms with Crippen molar-refractivity contribution >= 4 is 12.0 Å². The lowest BCUT2D eigenvalue weighted by Crippen LogP contribution is -2.30. The van der Waals surface area contributed by atoms with Gasteiger partial charge in [-0.1, -0.05) is 48.5 Å². The van der Waals surface area contributed by atoms with E-state index in [0.717, 1.165) is 22.3 Å². The number of nitroso groups, excluding NO2 is 1. The van der Waals surface area contributed by atoms with Crippen LogP contribution in [0.15, 0.2) is 53.7 Å². The molecule has 1 aliphatic carbocycles. The molecule has 0 aliphatic heterocycles. The maximum Gasteiger partial charge on any atom is 0.407 e. The molecule has 2 aromatic carbocycles. The van der Waals surface area contributed by atoms with Gasteiger partial charge in [0.05, 0.1) is 0 Å². The molecular weight excluding hydrogens is 296 g/mol. The van der Waals surface area contributed by atoms with Gasteiger partial charge in [0.15, 0.2) is 0 Å². The van der Waals surface area contributed by atoms with Crippen LogP contribution in [0.25, 0.3) is 11.1 Å². The van der Waals surface area contributed by atoms with E-state index in [-0.39, 0.29) is 12.5 Å².